The van der Waals surface area contributed by atoms with Crippen LogP contribution in [0.1, 0.15) is 6.92 Å². The number of fused-ring (bicyclic) bond motifs is 1. The molecule has 7 nitrogen and oxygen atoms in total. The minimum atomic E-state index is -0.0920. The van der Waals surface area contributed by atoms with Gasteiger partial charge in [0.25, 0.3) is 5.56 Å². The van der Waals surface area contributed by atoms with E-state index in [2.05, 4.69) is 0 Å². The Labute approximate surface area is 198 Å². The Morgan fingerprint density at radius 3 is 2.18 bits per heavy atom. The second kappa shape index (κ2) is 11.3. The number of para-hydroxylation sites is 1. The number of aromatic nitrogens is 2. The molecule has 0 amide bonds. The van der Waals surface area contributed by atoms with Gasteiger partial charge in [0.05, 0.1) is 44.4 Å². The average Bonchev–Trinajstić information content (AvgIpc) is 2.88. The summed E-state index contributed by atoms with van der Waals surface area (Å²) in [6, 6.07) is 22.4. The summed E-state index contributed by atoms with van der Waals surface area (Å²) in [7, 11) is 1.62. The van der Waals surface area contributed by atoms with E-state index in [1.807, 2.05) is 73.7 Å². The number of benzene rings is 3. The fourth-order valence-electron chi connectivity index (χ4n) is 3.61. The first kappa shape index (κ1) is 23.3. The first-order valence-corrected chi connectivity index (χ1v) is 11.3. The van der Waals surface area contributed by atoms with Crippen LogP contribution >= 0.6 is 0 Å². The molecule has 1 heterocycles. The molecule has 0 saturated carbocycles. The molecule has 0 radical (unpaired) electrons. The minimum absolute atomic E-state index is 0.0920. The van der Waals surface area contributed by atoms with Gasteiger partial charge in [0.2, 0.25) is 0 Å². The highest BCUT2D eigenvalue weighted by Gasteiger charge is 2.13. The third kappa shape index (κ3) is 5.55. The molecule has 7 heteroatoms. The molecule has 0 aliphatic rings. The summed E-state index contributed by atoms with van der Waals surface area (Å²) in [4.78, 5) is 18.0. The van der Waals surface area contributed by atoms with Crippen LogP contribution in [0.15, 0.2) is 77.6 Å². The maximum absolute atomic E-state index is 13.2. The first-order valence-electron chi connectivity index (χ1n) is 11.3. The largest absolute Gasteiger partial charge is 0.497 e. The lowest BCUT2D eigenvalue weighted by atomic mass is 10.1. The Hall–Kier alpha value is -3.84. The van der Waals surface area contributed by atoms with Gasteiger partial charge in [0.15, 0.2) is 0 Å². The van der Waals surface area contributed by atoms with Crippen molar-refractivity contribution in [2.24, 2.45) is 0 Å². The van der Waals surface area contributed by atoms with Crippen molar-refractivity contribution in [3.63, 3.8) is 0 Å². The average molecular weight is 461 g/mol. The van der Waals surface area contributed by atoms with Gasteiger partial charge in [0.1, 0.15) is 29.7 Å². The Kier molecular flexibility index (Phi) is 7.78. The van der Waals surface area contributed by atoms with Crippen LogP contribution in [-0.4, -0.2) is 43.1 Å². The van der Waals surface area contributed by atoms with Crippen molar-refractivity contribution >= 4 is 10.9 Å². The summed E-state index contributed by atoms with van der Waals surface area (Å²) >= 11 is 0. The van der Waals surface area contributed by atoms with Crippen LogP contribution in [0.25, 0.3) is 22.3 Å². The Morgan fingerprint density at radius 2 is 1.47 bits per heavy atom. The van der Waals surface area contributed by atoms with Crippen molar-refractivity contribution in [2.75, 3.05) is 33.5 Å². The topological polar surface area (TPSA) is 71.8 Å². The summed E-state index contributed by atoms with van der Waals surface area (Å²) in [6.07, 6.45) is 0. The molecule has 4 aromatic rings. The minimum Gasteiger partial charge on any atom is -0.497 e. The van der Waals surface area contributed by atoms with Gasteiger partial charge in [-0.25, -0.2) is 4.98 Å². The maximum Gasteiger partial charge on any atom is 0.261 e. The number of ether oxygens (including phenoxy) is 4. The Bertz CT molecular complexity index is 1270. The van der Waals surface area contributed by atoms with Crippen molar-refractivity contribution in [2.45, 2.75) is 13.5 Å². The van der Waals surface area contributed by atoms with Gasteiger partial charge in [-0.15, -0.1) is 0 Å². The zero-order valence-corrected chi connectivity index (χ0v) is 19.4. The lowest BCUT2D eigenvalue weighted by Crippen LogP contribution is -2.26. The predicted octanol–water partition coefficient (Wildman–Crippen LogP) is 4.57. The van der Waals surface area contributed by atoms with Gasteiger partial charge in [-0.05, 0) is 67.6 Å². The molecule has 3 aromatic carbocycles. The maximum atomic E-state index is 13.2. The second-order valence-corrected chi connectivity index (χ2v) is 7.50. The van der Waals surface area contributed by atoms with E-state index in [0.717, 1.165) is 22.8 Å². The second-order valence-electron chi connectivity index (χ2n) is 7.50. The molecular formula is C27H28N2O5. The lowest BCUT2D eigenvalue weighted by molar-refractivity contribution is 0.0940. The zero-order valence-electron chi connectivity index (χ0n) is 19.4. The van der Waals surface area contributed by atoms with E-state index in [9.17, 15) is 4.79 Å². The van der Waals surface area contributed by atoms with E-state index in [1.165, 1.54) is 0 Å². The molecule has 0 unspecified atom stereocenters. The van der Waals surface area contributed by atoms with Crippen LogP contribution in [0.3, 0.4) is 0 Å². The molecule has 4 rings (SSSR count). The first-order chi connectivity index (χ1) is 16.7. The monoisotopic (exact) mass is 460 g/mol. The van der Waals surface area contributed by atoms with Crippen LogP contribution in [0.4, 0.5) is 0 Å². The Balaban J connectivity index is 1.41. The highest BCUT2D eigenvalue weighted by molar-refractivity contribution is 5.79. The van der Waals surface area contributed by atoms with Crippen molar-refractivity contribution in [1.29, 1.82) is 0 Å². The van der Waals surface area contributed by atoms with Gasteiger partial charge in [0, 0.05) is 5.56 Å². The van der Waals surface area contributed by atoms with Gasteiger partial charge in [-0.3, -0.25) is 9.36 Å². The van der Waals surface area contributed by atoms with E-state index in [-0.39, 0.29) is 5.56 Å². The number of methoxy groups -OCH3 is 1. The Morgan fingerprint density at radius 1 is 0.794 bits per heavy atom. The van der Waals surface area contributed by atoms with Crippen LogP contribution in [-0.2, 0) is 11.3 Å². The normalized spacial score (nSPS) is 10.9. The van der Waals surface area contributed by atoms with E-state index in [1.54, 1.807) is 17.7 Å². The zero-order chi connectivity index (χ0) is 23.8. The third-order valence-electron chi connectivity index (χ3n) is 5.30. The molecule has 0 fully saturated rings. The van der Waals surface area contributed by atoms with Gasteiger partial charge in [-0.2, -0.15) is 0 Å². The van der Waals surface area contributed by atoms with Crippen molar-refractivity contribution in [1.82, 2.24) is 9.55 Å². The molecule has 34 heavy (non-hydrogen) atoms. The standard InChI is InChI=1S/C27H28N2O5/c1-3-33-22-12-14-23(15-13-22)34-19-18-32-17-16-29-26(20-8-10-21(31-2)11-9-20)28-25-7-5-4-6-24(25)27(29)30/h4-15H,3,16-19H2,1-2H3. The molecule has 0 bridgehead atoms. The number of hydrogen-bond donors (Lipinski definition) is 0. The highest BCUT2D eigenvalue weighted by Crippen LogP contribution is 2.22. The number of rotatable bonds is 11. The SMILES string of the molecule is CCOc1ccc(OCCOCCn2c(-c3ccc(OC)cc3)nc3ccccc3c2=O)cc1. The van der Waals surface area contributed by atoms with Crippen molar-refractivity contribution in [3.8, 4) is 28.6 Å². The summed E-state index contributed by atoms with van der Waals surface area (Å²) in [6.45, 7) is 4.12. The number of hydrogen-bond acceptors (Lipinski definition) is 6. The quantitative estimate of drug-likeness (QED) is 0.306. The van der Waals surface area contributed by atoms with Crippen LogP contribution in [0.2, 0.25) is 0 Å². The van der Waals surface area contributed by atoms with Crippen LogP contribution in [0, 0.1) is 0 Å². The van der Waals surface area contributed by atoms with Crippen LogP contribution in [0.5, 0.6) is 17.2 Å². The summed E-state index contributed by atoms with van der Waals surface area (Å²) in [5.41, 5.74) is 1.41. The molecule has 0 aliphatic heterocycles. The molecular weight excluding hydrogens is 432 g/mol. The molecule has 0 atom stereocenters. The fraction of sp³-hybridized carbons (Fsp3) is 0.259. The summed E-state index contributed by atoms with van der Waals surface area (Å²) < 4.78 is 23.8. The van der Waals surface area contributed by atoms with E-state index >= 15 is 0 Å². The van der Waals surface area contributed by atoms with Crippen molar-refractivity contribution in [3.05, 3.63) is 83.2 Å². The molecule has 176 valence electrons. The molecule has 0 saturated heterocycles. The van der Waals surface area contributed by atoms with Gasteiger partial charge in [-0.1, -0.05) is 12.1 Å². The number of nitrogens with zero attached hydrogens (tertiary/aromatic N) is 2. The summed E-state index contributed by atoms with van der Waals surface area (Å²) in [5.74, 6) is 2.91. The van der Waals surface area contributed by atoms with E-state index in [0.29, 0.717) is 49.7 Å². The molecule has 0 N–H and O–H groups in total. The third-order valence-corrected chi connectivity index (χ3v) is 5.30. The summed E-state index contributed by atoms with van der Waals surface area (Å²) in [5, 5.41) is 0.582. The van der Waals surface area contributed by atoms with Gasteiger partial charge < -0.3 is 18.9 Å². The highest BCUT2D eigenvalue weighted by atomic mass is 16.5. The molecule has 0 aliphatic carbocycles. The van der Waals surface area contributed by atoms with E-state index < -0.39 is 0 Å². The lowest BCUT2D eigenvalue weighted by Gasteiger charge is -2.14. The molecule has 0 spiro atoms. The van der Waals surface area contributed by atoms with Crippen LogP contribution < -0.4 is 19.8 Å². The van der Waals surface area contributed by atoms with Crippen molar-refractivity contribution < 1.29 is 18.9 Å². The predicted molar refractivity (Wildman–Crippen MR) is 132 cm³/mol. The fourth-order valence-corrected chi connectivity index (χ4v) is 3.61. The molecule has 1 aromatic heterocycles. The van der Waals surface area contributed by atoms with Gasteiger partial charge >= 0.3 is 0 Å². The van der Waals surface area contributed by atoms with E-state index in [4.69, 9.17) is 23.9 Å². The smallest absolute Gasteiger partial charge is 0.261 e.